The highest BCUT2D eigenvalue weighted by molar-refractivity contribution is 5.81. The summed E-state index contributed by atoms with van der Waals surface area (Å²) in [5.41, 5.74) is 3.92. The largest absolute Gasteiger partial charge is 0.491 e. The maximum atomic E-state index is 10.9. The third kappa shape index (κ3) is 3.05. The molecule has 4 aliphatic rings. The molecule has 0 atom stereocenters. The van der Waals surface area contributed by atoms with E-state index in [0.717, 1.165) is 40.9 Å². The predicted octanol–water partition coefficient (Wildman–Crippen LogP) is 5.54. The Bertz CT molecular complexity index is 663. The molecule has 0 unspecified atom stereocenters. The van der Waals surface area contributed by atoms with E-state index in [1.54, 1.807) is 6.08 Å². The third-order valence-electron chi connectivity index (χ3n) is 6.73. The molecule has 4 saturated carbocycles. The molecule has 0 radical (unpaired) electrons. The lowest BCUT2D eigenvalue weighted by Crippen LogP contribution is -2.48. The first-order valence-corrected chi connectivity index (χ1v) is 9.93. The Balaban J connectivity index is 1.79. The molecule has 0 aromatic heterocycles. The number of hydrogen-bond acceptors (Lipinski definition) is 2. The second-order valence-corrected chi connectivity index (χ2v) is 9.06. The van der Waals surface area contributed by atoms with Crippen molar-refractivity contribution in [1.82, 2.24) is 0 Å². The van der Waals surface area contributed by atoms with Gasteiger partial charge in [0.05, 0.1) is 6.10 Å². The van der Waals surface area contributed by atoms with E-state index < -0.39 is 0 Å². The lowest BCUT2D eigenvalue weighted by Gasteiger charge is -2.57. The zero-order valence-corrected chi connectivity index (χ0v) is 15.8. The Morgan fingerprint density at radius 2 is 1.72 bits per heavy atom. The van der Waals surface area contributed by atoms with Crippen molar-refractivity contribution in [1.29, 1.82) is 0 Å². The van der Waals surface area contributed by atoms with E-state index in [2.05, 4.69) is 32.0 Å². The second-order valence-electron chi connectivity index (χ2n) is 9.06. The Morgan fingerprint density at radius 1 is 1.12 bits per heavy atom. The summed E-state index contributed by atoms with van der Waals surface area (Å²) in [5, 5.41) is 0. The maximum Gasteiger partial charge on any atom is 0.143 e. The lowest BCUT2D eigenvalue weighted by atomic mass is 9.48. The molecule has 2 heteroatoms. The first kappa shape index (κ1) is 16.9. The summed E-state index contributed by atoms with van der Waals surface area (Å²) in [6.45, 7) is 6.24. The normalized spacial score (nSPS) is 33.8. The number of ether oxygens (including phenoxy) is 1. The van der Waals surface area contributed by atoms with Crippen LogP contribution in [0.25, 0.3) is 5.57 Å². The summed E-state index contributed by atoms with van der Waals surface area (Å²) >= 11 is 0. The maximum absolute atomic E-state index is 10.9. The number of aldehydes is 1. The summed E-state index contributed by atoms with van der Waals surface area (Å²) in [7, 11) is 0. The Hall–Kier alpha value is -1.57. The fourth-order valence-corrected chi connectivity index (χ4v) is 6.19. The molecule has 4 fully saturated rings. The van der Waals surface area contributed by atoms with Crippen LogP contribution in [0.4, 0.5) is 0 Å². The number of hydrogen-bond donors (Lipinski definition) is 0. The minimum Gasteiger partial charge on any atom is -0.491 e. The molecule has 4 bridgehead atoms. The Kier molecular flexibility index (Phi) is 4.25. The minimum atomic E-state index is 0.185. The van der Waals surface area contributed by atoms with Gasteiger partial charge >= 0.3 is 0 Å². The lowest BCUT2D eigenvalue weighted by molar-refractivity contribution is -0.104. The SMILES string of the molecule is CC(=CC=O)c1ccc(OC(C)C)c(C23CC4CC(CC(C4)C2)C3)c1. The van der Waals surface area contributed by atoms with Gasteiger partial charge in [-0.2, -0.15) is 0 Å². The van der Waals surface area contributed by atoms with E-state index in [4.69, 9.17) is 4.74 Å². The van der Waals surface area contributed by atoms with Crippen LogP contribution in [0.2, 0.25) is 0 Å². The summed E-state index contributed by atoms with van der Waals surface area (Å²) in [6.07, 6.45) is 11.1. The van der Waals surface area contributed by atoms with E-state index in [9.17, 15) is 4.79 Å². The standard InChI is InChI=1S/C23H30O2/c1-15(2)25-22-5-4-20(16(3)6-7-24)11-21(22)23-12-17-8-18(13-23)10-19(9-17)14-23/h4-7,11,15,17-19H,8-10,12-14H2,1-3H3. The van der Waals surface area contributed by atoms with E-state index >= 15 is 0 Å². The molecule has 25 heavy (non-hydrogen) atoms. The Labute approximate surface area is 151 Å². The van der Waals surface area contributed by atoms with Gasteiger partial charge in [-0.1, -0.05) is 6.07 Å². The van der Waals surface area contributed by atoms with Crippen molar-refractivity contribution in [3.63, 3.8) is 0 Å². The molecule has 0 spiro atoms. The average molecular weight is 338 g/mol. The summed E-state index contributed by atoms with van der Waals surface area (Å²) in [6, 6.07) is 6.59. The highest BCUT2D eigenvalue weighted by Gasteiger charge is 2.52. The van der Waals surface area contributed by atoms with E-state index in [0.29, 0.717) is 5.41 Å². The molecule has 0 heterocycles. The fourth-order valence-electron chi connectivity index (χ4n) is 6.19. The molecule has 5 rings (SSSR count). The van der Waals surface area contributed by atoms with E-state index in [-0.39, 0.29) is 6.10 Å². The van der Waals surface area contributed by atoms with Crippen LogP contribution >= 0.6 is 0 Å². The van der Waals surface area contributed by atoms with E-state index in [1.165, 1.54) is 44.1 Å². The van der Waals surface area contributed by atoms with Crippen molar-refractivity contribution < 1.29 is 9.53 Å². The zero-order chi connectivity index (χ0) is 17.6. The van der Waals surface area contributed by atoms with Gasteiger partial charge in [-0.25, -0.2) is 0 Å². The number of benzene rings is 1. The second kappa shape index (κ2) is 6.30. The number of allylic oxidation sites excluding steroid dienone is 2. The van der Waals surface area contributed by atoms with Crippen molar-refractivity contribution in [2.45, 2.75) is 70.8 Å². The van der Waals surface area contributed by atoms with Gasteiger partial charge in [0.1, 0.15) is 12.0 Å². The van der Waals surface area contributed by atoms with Crippen molar-refractivity contribution in [2.75, 3.05) is 0 Å². The topological polar surface area (TPSA) is 26.3 Å². The van der Waals surface area contributed by atoms with Crippen molar-refractivity contribution in [3.05, 3.63) is 35.4 Å². The first-order valence-electron chi connectivity index (χ1n) is 9.93. The smallest absolute Gasteiger partial charge is 0.143 e. The van der Waals surface area contributed by atoms with Crippen LogP contribution < -0.4 is 4.74 Å². The van der Waals surface area contributed by atoms with Crippen LogP contribution in [0.1, 0.15) is 70.4 Å². The number of carbonyl (C=O) groups is 1. The molecule has 0 N–H and O–H groups in total. The van der Waals surface area contributed by atoms with Crippen molar-refractivity contribution >= 4 is 11.9 Å². The van der Waals surface area contributed by atoms with Gasteiger partial charge in [0, 0.05) is 5.56 Å². The fraction of sp³-hybridized carbons (Fsp3) is 0.609. The number of carbonyl (C=O) groups excluding carboxylic acids is 1. The molecule has 1 aromatic rings. The van der Waals surface area contributed by atoms with Gasteiger partial charge in [0.2, 0.25) is 0 Å². The van der Waals surface area contributed by atoms with Crippen molar-refractivity contribution in [3.8, 4) is 5.75 Å². The molecule has 0 aliphatic heterocycles. The van der Waals surface area contributed by atoms with Gasteiger partial charge in [-0.15, -0.1) is 0 Å². The quantitative estimate of drug-likeness (QED) is 0.520. The molecule has 134 valence electrons. The molecule has 0 saturated heterocycles. The van der Waals surface area contributed by atoms with Crippen LogP contribution in [-0.4, -0.2) is 12.4 Å². The van der Waals surface area contributed by atoms with Gasteiger partial charge in [0.15, 0.2) is 0 Å². The van der Waals surface area contributed by atoms with Crippen LogP contribution in [0, 0.1) is 17.8 Å². The molecule has 0 amide bonds. The average Bonchev–Trinajstić information content (AvgIpc) is 2.53. The molecule has 2 nitrogen and oxygen atoms in total. The van der Waals surface area contributed by atoms with Gasteiger partial charge in [-0.05, 0) is 112 Å². The summed E-state index contributed by atoms with van der Waals surface area (Å²) in [5.74, 6) is 3.80. The molecular weight excluding hydrogens is 308 g/mol. The third-order valence-corrected chi connectivity index (χ3v) is 6.73. The van der Waals surface area contributed by atoms with Crippen LogP contribution in [0.5, 0.6) is 5.75 Å². The van der Waals surface area contributed by atoms with E-state index in [1.807, 2.05) is 6.92 Å². The molecular formula is C23H30O2. The summed E-state index contributed by atoms with van der Waals surface area (Å²) < 4.78 is 6.24. The predicted molar refractivity (Wildman–Crippen MR) is 102 cm³/mol. The monoisotopic (exact) mass is 338 g/mol. The van der Waals surface area contributed by atoms with Crippen LogP contribution in [0.3, 0.4) is 0 Å². The highest BCUT2D eigenvalue weighted by Crippen LogP contribution is 2.62. The first-order chi connectivity index (χ1) is 12.0. The van der Waals surface area contributed by atoms with Gasteiger partial charge < -0.3 is 4.74 Å². The zero-order valence-electron chi connectivity index (χ0n) is 15.8. The highest BCUT2D eigenvalue weighted by atomic mass is 16.5. The van der Waals surface area contributed by atoms with Crippen LogP contribution in [0.15, 0.2) is 24.3 Å². The molecule has 4 aliphatic carbocycles. The van der Waals surface area contributed by atoms with Crippen molar-refractivity contribution in [2.24, 2.45) is 17.8 Å². The molecule has 1 aromatic carbocycles. The summed E-state index contributed by atoms with van der Waals surface area (Å²) in [4.78, 5) is 10.9. The minimum absolute atomic E-state index is 0.185. The Morgan fingerprint density at radius 3 is 2.24 bits per heavy atom. The van der Waals surface area contributed by atoms with Crippen LogP contribution in [-0.2, 0) is 10.2 Å². The van der Waals surface area contributed by atoms with Gasteiger partial charge in [-0.3, -0.25) is 4.79 Å². The van der Waals surface area contributed by atoms with Gasteiger partial charge in [0.25, 0.3) is 0 Å². The number of rotatable bonds is 5.